The number of hydrogen-bond donors (Lipinski definition) is 0. The molecular weight excluding hydrogens is 236 g/mol. The van der Waals surface area contributed by atoms with Crippen molar-refractivity contribution < 1.29 is 23.8 Å². The summed E-state index contributed by atoms with van der Waals surface area (Å²) in [6, 6.07) is 4.71. The van der Waals surface area contributed by atoms with Gasteiger partial charge in [0.2, 0.25) is 0 Å². The maximum Gasteiger partial charge on any atom is 0.344 e. The number of esters is 1. The number of carbonyl (C=O) groups is 2. The third-order valence-electron chi connectivity index (χ3n) is 2.04. The first kappa shape index (κ1) is 14.0. The molecule has 0 heterocycles. The average Bonchev–Trinajstić information content (AvgIpc) is 2.35. The van der Waals surface area contributed by atoms with Crippen molar-refractivity contribution in [3.8, 4) is 11.5 Å². The van der Waals surface area contributed by atoms with E-state index in [4.69, 9.17) is 14.2 Å². The molecule has 5 heteroatoms. The number of hydrogen-bond acceptors (Lipinski definition) is 5. The van der Waals surface area contributed by atoms with Crippen LogP contribution in [0, 0.1) is 0 Å². The van der Waals surface area contributed by atoms with Crippen LogP contribution in [0.1, 0.15) is 24.2 Å². The molecule has 0 spiro atoms. The van der Waals surface area contributed by atoms with Crippen molar-refractivity contribution in [3.63, 3.8) is 0 Å². The Hall–Kier alpha value is -2.04. The lowest BCUT2D eigenvalue weighted by atomic mass is 10.2. The normalized spacial score (nSPS) is 10.0. The first-order chi connectivity index (χ1) is 8.56. The molecule has 0 aliphatic rings. The second-order valence-corrected chi connectivity index (χ2v) is 3.86. The summed E-state index contributed by atoms with van der Waals surface area (Å²) in [6.45, 7) is 3.29. The average molecular weight is 252 g/mol. The molecule has 0 aliphatic carbocycles. The number of ether oxygens (including phenoxy) is 3. The van der Waals surface area contributed by atoms with Crippen molar-refractivity contribution in [3.05, 3.63) is 23.8 Å². The summed E-state index contributed by atoms with van der Waals surface area (Å²) in [4.78, 5) is 22.0. The Morgan fingerprint density at radius 1 is 1.33 bits per heavy atom. The van der Waals surface area contributed by atoms with Gasteiger partial charge < -0.3 is 14.2 Å². The standard InChI is InChI=1S/C13H16O5/c1-9(2)18-13(15)8-17-12-6-10(7-14)4-5-11(12)16-3/h4-7,9H,8H2,1-3H3. The van der Waals surface area contributed by atoms with Crippen LogP contribution in [0.2, 0.25) is 0 Å². The molecule has 0 saturated heterocycles. The second kappa shape index (κ2) is 6.64. The molecule has 0 aliphatic heterocycles. The predicted molar refractivity (Wildman–Crippen MR) is 65.1 cm³/mol. The Balaban J connectivity index is 2.70. The number of benzene rings is 1. The zero-order valence-corrected chi connectivity index (χ0v) is 10.6. The first-order valence-corrected chi connectivity index (χ1v) is 5.52. The van der Waals surface area contributed by atoms with Gasteiger partial charge in [-0.25, -0.2) is 4.79 Å². The Kier molecular flexibility index (Phi) is 5.17. The van der Waals surface area contributed by atoms with Crippen molar-refractivity contribution in [1.82, 2.24) is 0 Å². The Labute approximate surface area is 106 Å². The number of carbonyl (C=O) groups excluding carboxylic acids is 2. The maximum absolute atomic E-state index is 11.3. The van der Waals surface area contributed by atoms with Crippen LogP contribution in [0.5, 0.6) is 11.5 Å². The SMILES string of the molecule is COc1ccc(C=O)cc1OCC(=O)OC(C)C. The van der Waals surface area contributed by atoms with Crippen molar-refractivity contribution in [2.45, 2.75) is 20.0 Å². The van der Waals surface area contributed by atoms with Gasteiger partial charge in [-0.3, -0.25) is 4.79 Å². The summed E-state index contributed by atoms with van der Waals surface area (Å²) < 4.78 is 15.3. The fourth-order valence-corrected chi connectivity index (χ4v) is 1.31. The molecule has 1 aromatic rings. The quantitative estimate of drug-likeness (QED) is 0.571. The van der Waals surface area contributed by atoms with Crippen molar-refractivity contribution in [2.24, 2.45) is 0 Å². The lowest BCUT2D eigenvalue weighted by molar-refractivity contribution is -0.149. The van der Waals surface area contributed by atoms with Crippen LogP contribution in [-0.4, -0.2) is 32.1 Å². The molecule has 0 atom stereocenters. The largest absolute Gasteiger partial charge is 0.493 e. The van der Waals surface area contributed by atoms with E-state index in [1.54, 1.807) is 26.0 Å². The third kappa shape index (κ3) is 4.08. The minimum Gasteiger partial charge on any atom is -0.493 e. The van der Waals surface area contributed by atoms with Gasteiger partial charge in [0, 0.05) is 5.56 Å². The fraction of sp³-hybridized carbons (Fsp3) is 0.385. The van der Waals surface area contributed by atoms with Crippen LogP contribution in [0.15, 0.2) is 18.2 Å². The van der Waals surface area contributed by atoms with E-state index in [0.717, 1.165) is 0 Å². The maximum atomic E-state index is 11.3. The topological polar surface area (TPSA) is 61.8 Å². The highest BCUT2D eigenvalue weighted by molar-refractivity contribution is 5.76. The highest BCUT2D eigenvalue weighted by atomic mass is 16.6. The van der Waals surface area contributed by atoms with Gasteiger partial charge in [-0.1, -0.05) is 0 Å². The molecule has 0 radical (unpaired) electrons. The summed E-state index contributed by atoms with van der Waals surface area (Å²) in [6.07, 6.45) is 0.503. The van der Waals surface area contributed by atoms with E-state index in [-0.39, 0.29) is 12.7 Å². The Bertz CT molecular complexity index is 425. The lowest BCUT2D eigenvalue weighted by Gasteiger charge is -2.12. The van der Waals surface area contributed by atoms with Crippen LogP contribution >= 0.6 is 0 Å². The summed E-state index contributed by atoms with van der Waals surface area (Å²) in [5, 5.41) is 0. The van der Waals surface area contributed by atoms with Gasteiger partial charge >= 0.3 is 5.97 Å². The molecule has 98 valence electrons. The predicted octanol–water partition coefficient (Wildman–Crippen LogP) is 1.84. The Morgan fingerprint density at radius 2 is 2.06 bits per heavy atom. The van der Waals surface area contributed by atoms with Gasteiger partial charge in [0.05, 0.1) is 13.2 Å². The van der Waals surface area contributed by atoms with Crippen molar-refractivity contribution in [2.75, 3.05) is 13.7 Å². The molecule has 0 N–H and O–H groups in total. The molecule has 0 amide bonds. The fourth-order valence-electron chi connectivity index (χ4n) is 1.31. The molecule has 0 unspecified atom stereocenters. The number of rotatable bonds is 6. The Morgan fingerprint density at radius 3 is 2.61 bits per heavy atom. The smallest absolute Gasteiger partial charge is 0.344 e. The lowest BCUT2D eigenvalue weighted by Crippen LogP contribution is -2.18. The summed E-state index contributed by atoms with van der Waals surface area (Å²) in [5.74, 6) is 0.323. The van der Waals surface area contributed by atoms with Crippen LogP contribution in [0.25, 0.3) is 0 Å². The van der Waals surface area contributed by atoms with Crippen LogP contribution < -0.4 is 9.47 Å². The molecule has 1 aromatic carbocycles. The second-order valence-electron chi connectivity index (χ2n) is 3.86. The summed E-state index contributed by atoms with van der Waals surface area (Å²) in [5.41, 5.74) is 0.447. The van der Waals surface area contributed by atoms with E-state index in [1.807, 2.05) is 0 Å². The molecule has 0 bridgehead atoms. The van der Waals surface area contributed by atoms with E-state index in [1.165, 1.54) is 13.2 Å². The number of aldehydes is 1. The van der Waals surface area contributed by atoms with Gasteiger partial charge in [0.25, 0.3) is 0 Å². The third-order valence-corrected chi connectivity index (χ3v) is 2.04. The highest BCUT2D eigenvalue weighted by Gasteiger charge is 2.10. The van der Waals surface area contributed by atoms with E-state index in [9.17, 15) is 9.59 Å². The van der Waals surface area contributed by atoms with E-state index < -0.39 is 5.97 Å². The van der Waals surface area contributed by atoms with Crippen molar-refractivity contribution in [1.29, 1.82) is 0 Å². The van der Waals surface area contributed by atoms with Crippen LogP contribution in [0.4, 0.5) is 0 Å². The van der Waals surface area contributed by atoms with Gasteiger partial charge in [0.1, 0.15) is 6.29 Å². The molecule has 18 heavy (non-hydrogen) atoms. The summed E-state index contributed by atoms with van der Waals surface area (Å²) in [7, 11) is 1.48. The molecule has 0 aromatic heterocycles. The van der Waals surface area contributed by atoms with Crippen LogP contribution in [-0.2, 0) is 9.53 Å². The zero-order chi connectivity index (χ0) is 13.5. The minimum absolute atomic E-state index is 0.190. The minimum atomic E-state index is -0.469. The highest BCUT2D eigenvalue weighted by Crippen LogP contribution is 2.27. The molecule has 0 saturated carbocycles. The van der Waals surface area contributed by atoms with Gasteiger partial charge in [0.15, 0.2) is 18.1 Å². The van der Waals surface area contributed by atoms with Gasteiger partial charge in [-0.15, -0.1) is 0 Å². The monoisotopic (exact) mass is 252 g/mol. The van der Waals surface area contributed by atoms with Crippen LogP contribution in [0.3, 0.4) is 0 Å². The molecule has 5 nitrogen and oxygen atoms in total. The van der Waals surface area contributed by atoms with Gasteiger partial charge in [-0.2, -0.15) is 0 Å². The van der Waals surface area contributed by atoms with Gasteiger partial charge in [-0.05, 0) is 32.0 Å². The first-order valence-electron chi connectivity index (χ1n) is 5.52. The molecule has 0 fully saturated rings. The van der Waals surface area contributed by atoms with E-state index in [2.05, 4.69) is 0 Å². The van der Waals surface area contributed by atoms with Crippen molar-refractivity contribution >= 4 is 12.3 Å². The zero-order valence-electron chi connectivity index (χ0n) is 10.6. The van der Waals surface area contributed by atoms with E-state index in [0.29, 0.717) is 23.3 Å². The molecule has 1 rings (SSSR count). The summed E-state index contributed by atoms with van der Waals surface area (Å²) >= 11 is 0. The molecular formula is C13H16O5. The number of methoxy groups -OCH3 is 1. The van der Waals surface area contributed by atoms with E-state index >= 15 is 0 Å².